The lowest BCUT2D eigenvalue weighted by atomic mass is 9.52. The second kappa shape index (κ2) is 8.17. The van der Waals surface area contributed by atoms with Crippen LogP contribution >= 0.6 is 0 Å². The Balaban J connectivity index is 1.32. The lowest BCUT2D eigenvalue weighted by Gasteiger charge is -2.58. The molecule has 1 saturated carbocycles. The summed E-state index contributed by atoms with van der Waals surface area (Å²) in [6.07, 6.45) is 7.80. The molecule has 3 atom stereocenters. The first-order chi connectivity index (χ1) is 17.2. The van der Waals surface area contributed by atoms with Gasteiger partial charge >= 0.3 is 0 Å². The fourth-order valence-corrected chi connectivity index (χ4v) is 7.19. The van der Waals surface area contributed by atoms with Crippen molar-refractivity contribution in [2.45, 2.75) is 50.0 Å². The van der Waals surface area contributed by atoms with Crippen molar-refractivity contribution in [3.63, 3.8) is 0 Å². The molecule has 3 aliphatic rings. The van der Waals surface area contributed by atoms with E-state index in [0.29, 0.717) is 23.2 Å². The van der Waals surface area contributed by atoms with Gasteiger partial charge in [-0.1, -0.05) is 61.4 Å². The Morgan fingerprint density at radius 3 is 2.69 bits per heavy atom. The van der Waals surface area contributed by atoms with Crippen LogP contribution in [0.25, 0.3) is 22.3 Å². The highest BCUT2D eigenvalue weighted by atomic mass is 16.5. The summed E-state index contributed by atoms with van der Waals surface area (Å²) in [6, 6.07) is 25.8. The first kappa shape index (κ1) is 21.1. The molecule has 1 saturated heterocycles. The van der Waals surface area contributed by atoms with Crippen LogP contribution in [0.4, 0.5) is 0 Å². The summed E-state index contributed by atoms with van der Waals surface area (Å²) >= 11 is 0. The highest BCUT2D eigenvalue weighted by Gasteiger charge is 2.53. The van der Waals surface area contributed by atoms with Crippen molar-refractivity contribution in [2.75, 3.05) is 13.6 Å². The molecule has 1 unspecified atom stereocenters. The summed E-state index contributed by atoms with van der Waals surface area (Å²) in [6.45, 7) is 1.20. The van der Waals surface area contributed by atoms with Gasteiger partial charge in [0.25, 0.3) is 0 Å². The van der Waals surface area contributed by atoms with Gasteiger partial charge in [0.05, 0.1) is 10.9 Å². The topological polar surface area (TPSA) is 38.2 Å². The van der Waals surface area contributed by atoms with E-state index in [4.69, 9.17) is 14.7 Å². The van der Waals surface area contributed by atoms with Gasteiger partial charge < -0.3 is 9.64 Å². The molecule has 2 bridgehead atoms. The first-order valence-corrected chi connectivity index (χ1v) is 13.0. The molecule has 176 valence electrons. The van der Waals surface area contributed by atoms with Gasteiger partial charge in [0, 0.05) is 17.0 Å². The number of benzene rings is 3. The fourth-order valence-electron chi connectivity index (χ4n) is 7.19. The highest BCUT2D eigenvalue weighted by Crippen LogP contribution is 2.56. The van der Waals surface area contributed by atoms with Gasteiger partial charge in [0.1, 0.15) is 5.75 Å². The number of nitrogens with zero attached hydrogens (tertiary/aromatic N) is 3. The maximum atomic E-state index is 6.59. The van der Waals surface area contributed by atoms with Gasteiger partial charge in [0.15, 0.2) is 5.82 Å². The molecule has 2 aliphatic carbocycles. The van der Waals surface area contributed by atoms with Crippen molar-refractivity contribution >= 4 is 10.9 Å². The fraction of sp³-hybridized carbons (Fsp3) is 0.355. The van der Waals surface area contributed by atoms with E-state index in [1.807, 2.05) is 48.5 Å². The number of piperidine rings is 1. The minimum absolute atomic E-state index is 0.311. The van der Waals surface area contributed by atoms with Gasteiger partial charge in [-0.15, -0.1) is 0 Å². The Labute approximate surface area is 207 Å². The standard InChI is InChI=1S/C31H31N3O/c1-34-18-17-31-16-8-7-12-25(31)28(34)19-22-14-15-23(20-26(22)31)35-30-24-11-5-6-13-27(24)32-29(33-30)21-9-3-2-4-10-21/h2-6,9-11,13-15,20,25,28H,7-8,12,16-19H2,1H3/t25?,28-,31-/m1/s1. The summed E-state index contributed by atoms with van der Waals surface area (Å²) in [5.41, 5.74) is 5.27. The molecule has 2 fully saturated rings. The third-order valence-corrected chi connectivity index (χ3v) is 8.90. The van der Waals surface area contributed by atoms with Crippen molar-refractivity contribution in [1.29, 1.82) is 0 Å². The molecule has 4 heteroatoms. The number of aromatic nitrogens is 2. The van der Waals surface area contributed by atoms with Crippen molar-refractivity contribution < 1.29 is 4.74 Å². The molecule has 2 heterocycles. The Morgan fingerprint density at radius 2 is 1.77 bits per heavy atom. The average Bonchev–Trinajstić information content (AvgIpc) is 2.91. The third kappa shape index (κ3) is 3.38. The zero-order valence-electron chi connectivity index (χ0n) is 20.3. The molecule has 1 aliphatic heterocycles. The molecule has 4 nitrogen and oxygen atoms in total. The number of likely N-dealkylation sites (tertiary alicyclic amines) is 1. The summed E-state index contributed by atoms with van der Waals surface area (Å²) in [5, 5.41) is 0.943. The molecular formula is C31H31N3O. The minimum Gasteiger partial charge on any atom is -0.438 e. The van der Waals surface area contributed by atoms with Gasteiger partial charge in [-0.3, -0.25) is 0 Å². The van der Waals surface area contributed by atoms with E-state index in [0.717, 1.165) is 34.6 Å². The number of hydrogen-bond donors (Lipinski definition) is 0. The molecular weight excluding hydrogens is 430 g/mol. The van der Waals surface area contributed by atoms with Crippen molar-refractivity contribution in [3.8, 4) is 23.0 Å². The molecule has 0 spiro atoms. The van der Waals surface area contributed by atoms with Crippen molar-refractivity contribution in [1.82, 2.24) is 14.9 Å². The second-order valence-electron chi connectivity index (χ2n) is 10.7. The number of likely N-dealkylation sites (N-methyl/N-ethyl adjacent to an activating group) is 1. The van der Waals surface area contributed by atoms with Crippen LogP contribution in [0.5, 0.6) is 11.6 Å². The lowest BCUT2D eigenvalue weighted by molar-refractivity contribution is 0.00276. The van der Waals surface area contributed by atoms with Crippen LogP contribution in [0, 0.1) is 5.92 Å². The monoisotopic (exact) mass is 461 g/mol. The number of fused-ring (bicyclic) bond motifs is 2. The SMILES string of the molecule is CN1CC[C@]23CCCCC2[C@H]1Cc1ccc(Oc2nc(-c4ccccc4)nc4ccccc24)cc13. The third-order valence-electron chi connectivity index (χ3n) is 8.90. The highest BCUT2D eigenvalue weighted by molar-refractivity contribution is 5.85. The Kier molecular flexibility index (Phi) is 4.92. The van der Waals surface area contributed by atoms with Gasteiger partial charge in [-0.25, -0.2) is 4.98 Å². The van der Waals surface area contributed by atoms with E-state index in [-0.39, 0.29) is 0 Å². The Bertz CT molecular complexity index is 1400. The van der Waals surface area contributed by atoms with E-state index in [1.165, 1.54) is 44.2 Å². The summed E-state index contributed by atoms with van der Waals surface area (Å²) < 4.78 is 6.59. The first-order valence-electron chi connectivity index (χ1n) is 13.0. The predicted molar refractivity (Wildman–Crippen MR) is 140 cm³/mol. The van der Waals surface area contributed by atoms with Crippen LogP contribution in [-0.4, -0.2) is 34.5 Å². The number of hydrogen-bond acceptors (Lipinski definition) is 4. The van der Waals surface area contributed by atoms with Crippen LogP contribution in [0.2, 0.25) is 0 Å². The number of ether oxygens (including phenoxy) is 1. The van der Waals surface area contributed by atoms with Crippen LogP contribution in [0.1, 0.15) is 43.2 Å². The molecule has 4 aromatic rings. The lowest BCUT2D eigenvalue weighted by Crippen LogP contribution is -2.59. The summed E-state index contributed by atoms with van der Waals surface area (Å²) in [4.78, 5) is 12.3. The smallest absolute Gasteiger partial charge is 0.230 e. The molecule has 0 radical (unpaired) electrons. The molecule has 1 aromatic heterocycles. The van der Waals surface area contributed by atoms with E-state index >= 15 is 0 Å². The van der Waals surface area contributed by atoms with E-state index < -0.39 is 0 Å². The quantitative estimate of drug-likeness (QED) is 0.337. The van der Waals surface area contributed by atoms with Crippen LogP contribution in [0.15, 0.2) is 72.8 Å². The average molecular weight is 462 g/mol. The maximum absolute atomic E-state index is 6.59. The molecule has 7 rings (SSSR count). The maximum Gasteiger partial charge on any atom is 0.230 e. The van der Waals surface area contributed by atoms with E-state index in [1.54, 1.807) is 5.56 Å². The second-order valence-corrected chi connectivity index (χ2v) is 10.7. The van der Waals surface area contributed by atoms with Gasteiger partial charge in [-0.2, -0.15) is 4.98 Å². The summed E-state index contributed by atoms with van der Waals surface area (Å²) in [5.74, 6) is 2.98. The Hall–Kier alpha value is -3.24. The Morgan fingerprint density at radius 1 is 0.914 bits per heavy atom. The zero-order valence-corrected chi connectivity index (χ0v) is 20.3. The number of rotatable bonds is 3. The molecule has 0 N–H and O–H groups in total. The van der Waals surface area contributed by atoms with Crippen LogP contribution in [0.3, 0.4) is 0 Å². The largest absolute Gasteiger partial charge is 0.438 e. The summed E-state index contributed by atoms with van der Waals surface area (Å²) in [7, 11) is 2.33. The molecule has 3 aromatic carbocycles. The van der Waals surface area contributed by atoms with Gasteiger partial charge in [-0.05, 0) is 80.6 Å². The zero-order chi connectivity index (χ0) is 23.4. The van der Waals surface area contributed by atoms with E-state index in [2.05, 4.69) is 36.2 Å². The van der Waals surface area contributed by atoms with Crippen LogP contribution in [-0.2, 0) is 11.8 Å². The van der Waals surface area contributed by atoms with E-state index in [9.17, 15) is 0 Å². The molecule has 0 amide bonds. The van der Waals surface area contributed by atoms with Crippen molar-refractivity contribution in [2.24, 2.45) is 5.92 Å². The van der Waals surface area contributed by atoms with Crippen LogP contribution < -0.4 is 4.74 Å². The predicted octanol–water partition coefficient (Wildman–Crippen LogP) is 6.78. The normalized spacial score (nSPS) is 25.6. The molecule has 35 heavy (non-hydrogen) atoms. The van der Waals surface area contributed by atoms with Gasteiger partial charge in [0.2, 0.25) is 5.88 Å². The van der Waals surface area contributed by atoms with Crippen molar-refractivity contribution in [3.05, 3.63) is 83.9 Å². The minimum atomic E-state index is 0.311. The number of para-hydroxylation sites is 1.